The topological polar surface area (TPSA) is 358 Å². The van der Waals surface area contributed by atoms with Gasteiger partial charge in [0, 0.05) is 5.39 Å². The maximum Gasteiger partial charge on any atom is 1.00 e. The van der Waals surface area contributed by atoms with E-state index >= 15 is 0 Å². The third-order valence-corrected chi connectivity index (χ3v) is 10.9. The van der Waals surface area contributed by atoms with E-state index in [2.05, 4.69) is 34.0 Å². The van der Waals surface area contributed by atoms with Gasteiger partial charge >= 0.3 is 118 Å². The van der Waals surface area contributed by atoms with Crippen molar-refractivity contribution in [2.75, 3.05) is 23.8 Å². The molecule has 0 spiro atoms. The molecule has 0 aliphatic rings. The number of fused-ring (bicyclic) bond motifs is 1. The molecule has 54 heavy (non-hydrogen) atoms. The summed E-state index contributed by atoms with van der Waals surface area (Å²) in [6.07, 6.45) is 0. The monoisotopic (exact) mass is 882 g/mol. The van der Waals surface area contributed by atoms with Crippen LogP contribution < -0.4 is 135 Å². The minimum atomic E-state index is -5.33. The van der Waals surface area contributed by atoms with Gasteiger partial charge in [0.2, 0.25) is 10.4 Å². The van der Waals surface area contributed by atoms with Crippen LogP contribution in [0.5, 0.6) is 0 Å². The van der Waals surface area contributed by atoms with Crippen molar-refractivity contribution in [1.82, 2.24) is 0 Å². The maximum absolute atomic E-state index is 12.7. The van der Waals surface area contributed by atoms with Crippen molar-refractivity contribution in [3.63, 3.8) is 0 Å². The number of hydrogen-bond acceptors (Lipinski definition) is 22. The van der Waals surface area contributed by atoms with Crippen LogP contribution in [0.3, 0.4) is 0 Å². The number of anilines is 2. The molecule has 0 heterocycles. The molecule has 268 valence electrons. The average molecular weight is 883 g/mol. The van der Waals surface area contributed by atoms with Crippen LogP contribution in [0.25, 0.3) is 10.8 Å². The molecule has 0 bridgehead atoms. The van der Waals surface area contributed by atoms with Crippen molar-refractivity contribution in [3.8, 4) is 0 Å². The molecule has 0 aliphatic heterocycles. The number of nitrogen functional groups attached to an aromatic ring is 2. The SMILES string of the molecule is Nc1c(N=Nc2ccccc2S(=O)(=O)[O-])cc(S(=O)(=O)[O-])c(N)c1N=Nc1ccc2cc(S(=O)(=O)CCOS(=O)(=O)[O-])ccc2c1SOO[O-].[Na+].[Na+].[Na+].[Na+]. The van der Waals surface area contributed by atoms with E-state index in [9.17, 15) is 52.6 Å². The first-order chi connectivity index (χ1) is 23.2. The summed E-state index contributed by atoms with van der Waals surface area (Å²) in [4.78, 5) is -2.18. The molecule has 0 radical (unpaired) electrons. The molecule has 4 N–H and O–H groups in total. The van der Waals surface area contributed by atoms with Gasteiger partial charge in [-0.1, -0.05) is 24.3 Å². The van der Waals surface area contributed by atoms with E-state index in [0.717, 1.165) is 24.3 Å². The Balaban J connectivity index is 0.00000702. The van der Waals surface area contributed by atoms with Crippen LogP contribution in [0.1, 0.15) is 0 Å². The van der Waals surface area contributed by atoms with Crippen molar-refractivity contribution in [2.24, 2.45) is 20.5 Å². The molecule has 30 heteroatoms. The van der Waals surface area contributed by atoms with E-state index in [0.29, 0.717) is 18.1 Å². The fraction of sp³-hybridized carbons (Fsp3) is 0.0833. The van der Waals surface area contributed by atoms with Gasteiger partial charge in [0.1, 0.15) is 43.0 Å². The molecule has 4 rings (SSSR count). The first-order valence-electron chi connectivity index (χ1n) is 12.8. The third kappa shape index (κ3) is 14.3. The number of nitrogens with two attached hydrogens (primary N) is 2. The summed E-state index contributed by atoms with van der Waals surface area (Å²) < 4.78 is 137. The smallest absolute Gasteiger partial charge is 0.744 e. The van der Waals surface area contributed by atoms with Gasteiger partial charge in [-0.3, -0.25) is 9.22 Å². The van der Waals surface area contributed by atoms with Crippen LogP contribution in [-0.2, 0) is 54.0 Å². The van der Waals surface area contributed by atoms with E-state index in [-0.39, 0.29) is 144 Å². The van der Waals surface area contributed by atoms with Gasteiger partial charge in [-0.2, -0.15) is 4.33 Å². The van der Waals surface area contributed by atoms with Crippen LogP contribution in [-0.4, -0.2) is 59.7 Å². The zero-order chi connectivity index (χ0) is 37.1. The van der Waals surface area contributed by atoms with Crippen molar-refractivity contribution < 1.29 is 184 Å². The number of sulfone groups is 1. The zero-order valence-corrected chi connectivity index (χ0v) is 40.4. The van der Waals surface area contributed by atoms with Crippen molar-refractivity contribution in [1.29, 1.82) is 0 Å². The summed E-state index contributed by atoms with van der Waals surface area (Å²) in [5, 5.41) is 29.6. The largest absolute Gasteiger partial charge is 1.00 e. The Morgan fingerprint density at radius 1 is 0.667 bits per heavy atom. The Kier molecular flexibility index (Phi) is 22.2. The average Bonchev–Trinajstić information content (AvgIpc) is 3.01. The minimum Gasteiger partial charge on any atom is -0.744 e. The quantitative estimate of drug-likeness (QED) is 0.0173. The predicted molar refractivity (Wildman–Crippen MR) is 166 cm³/mol. The summed E-state index contributed by atoms with van der Waals surface area (Å²) in [5.41, 5.74) is 8.94. The summed E-state index contributed by atoms with van der Waals surface area (Å²) in [6.45, 7) is -0.944. The number of hydrogen-bond donors (Lipinski definition) is 2. The Bertz CT molecular complexity index is 2500. The molecule has 4 aromatic carbocycles. The van der Waals surface area contributed by atoms with Gasteiger partial charge in [0.05, 0.1) is 55.4 Å². The number of nitrogens with zero attached hydrogens (tertiary/aromatic N) is 4. The van der Waals surface area contributed by atoms with Crippen LogP contribution in [0.2, 0.25) is 0 Å². The van der Waals surface area contributed by atoms with Crippen molar-refractivity contribution in [3.05, 3.63) is 60.7 Å². The molecule has 0 atom stereocenters. The maximum atomic E-state index is 12.7. The third-order valence-electron chi connectivity index (χ3n) is 6.25. The summed E-state index contributed by atoms with van der Waals surface area (Å²) in [5.74, 6) is -0.867. The first-order valence-corrected chi connectivity index (χ1v) is 19.4. The number of azo groups is 2. The van der Waals surface area contributed by atoms with Gasteiger partial charge in [-0.05, 0) is 41.8 Å². The molecule has 4 aromatic rings. The summed E-state index contributed by atoms with van der Waals surface area (Å²) >= 11 is 0.294. The van der Waals surface area contributed by atoms with Gasteiger partial charge < -0.3 is 30.4 Å². The van der Waals surface area contributed by atoms with Crippen LogP contribution in [0.15, 0.2) is 101 Å². The van der Waals surface area contributed by atoms with Crippen molar-refractivity contribution in [2.45, 2.75) is 19.6 Å². The Morgan fingerprint density at radius 3 is 1.85 bits per heavy atom. The molecule has 0 saturated heterocycles. The molecular formula is C24H18N6Na4O15S5. The van der Waals surface area contributed by atoms with Gasteiger partial charge in [-0.25, -0.2) is 33.7 Å². The first kappa shape index (κ1) is 53.8. The summed E-state index contributed by atoms with van der Waals surface area (Å²) in [7, 11) is -19.7. The molecule has 0 fully saturated rings. The zero-order valence-electron chi connectivity index (χ0n) is 28.3. The van der Waals surface area contributed by atoms with Gasteiger partial charge in [0.25, 0.3) is 0 Å². The number of benzene rings is 4. The molecule has 21 nitrogen and oxygen atoms in total. The summed E-state index contributed by atoms with van der Waals surface area (Å²) in [6, 6.07) is 11.3. The second-order valence-corrected chi connectivity index (χ2v) is 16.0. The van der Waals surface area contributed by atoms with E-state index in [4.69, 9.17) is 11.5 Å². The minimum absolute atomic E-state index is 0. The van der Waals surface area contributed by atoms with E-state index in [1.165, 1.54) is 30.3 Å². The molecule has 0 unspecified atom stereocenters. The van der Waals surface area contributed by atoms with Crippen LogP contribution in [0.4, 0.5) is 34.1 Å². The number of rotatable bonds is 14. The Hall–Kier alpha value is -0.190. The fourth-order valence-electron chi connectivity index (χ4n) is 4.06. The second kappa shape index (κ2) is 22.3. The van der Waals surface area contributed by atoms with E-state index in [1.54, 1.807) is 0 Å². The fourth-order valence-corrected chi connectivity index (χ4v) is 7.37. The molecule has 0 aromatic heterocycles. The normalized spacial score (nSPS) is 12.1. The Morgan fingerprint density at radius 2 is 1.26 bits per heavy atom. The van der Waals surface area contributed by atoms with Crippen LogP contribution >= 0.6 is 12.0 Å². The van der Waals surface area contributed by atoms with Gasteiger partial charge in [0.15, 0.2) is 9.84 Å². The molecule has 0 amide bonds. The van der Waals surface area contributed by atoms with E-state index < -0.39 is 91.1 Å². The molecular weight excluding hydrogens is 865 g/mol. The molecule has 0 aliphatic carbocycles. The molecule has 0 saturated carbocycles. The van der Waals surface area contributed by atoms with Crippen LogP contribution in [0, 0.1) is 0 Å². The predicted octanol–water partition coefficient (Wildman–Crippen LogP) is -9.86. The Labute approximate surface area is 400 Å². The van der Waals surface area contributed by atoms with E-state index in [1.807, 2.05) is 0 Å². The standard InChI is InChI=1S/C24H22N6O15S5.4Na/c25-21-18(29-27-16-3-1-2-4-19(16)48(34,35)36)12-20(49(37,38)39)22(26)23(21)30-28-17-8-5-13-11-14(6-7-15(13)24(17)46-45-44-31)47(32,33)10-9-43-50(40,41)42;;;;/h1-8,11-12,31H,9-10,25-26H2,(H,34,35,36)(H,37,38,39)(H,40,41,42);;;;/q;4*+1/p-4. The second-order valence-electron chi connectivity index (χ2n) is 9.41. The van der Waals surface area contributed by atoms with Crippen molar-refractivity contribution >= 4 is 97.4 Å². The van der Waals surface area contributed by atoms with Gasteiger partial charge in [-0.15, -0.1) is 20.5 Å².